The second-order valence-electron chi connectivity index (χ2n) is 3.58. The van der Waals surface area contributed by atoms with Crippen LogP contribution in [-0.4, -0.2) is 23.1 Å². The van der Waals surface area contributed by atoms with Crippen molar-refractivity contribution in [1.82, 2.24) is 9.78 Å². The smallest absolute Gasteiger partial charge is 0.304 e. The lowest BCUT2D eigenvalue weighted by molar-refractivity contribution is -0.383. The van der Waals surface area contributed by atoms with E-state index in [1.54, 1.807) is 7.05 Å². The molecule has 0 amide bonds. The van der Waals surface area contributed by atoms with Crippen molar-refractivity contribution >= 4 is 37.7 Å². The van der Waals surface area contributed by atoms with Crippen LogP contribution in [0.2, 0.25) is 0 Å². The van der Waals surface area contributed by atoms with Gasteiger partial charge in [0.25, 0.3) is 10.0 Å². The van der Waals surface area contributed by atoms with Crippen LogP contribution in [-0.2, 0) is 17.1 Å². The summed E-state index contributed by atoms with van der Waals surface area (Å²) in [4.78, 5) is 9.90. The molecule has 0 unspecified atom stereocenters. The summed E-state index contributed by atoms with van der Waals surface area (Å²) in [6, 6.07) is 0.929. The number of rotatable bonds is 4. The minimum atomic E-state index is -3.90. The first-order valence-corrected chi connectivity index (χ1v) is 7.15. The summed E-state index contributed by atoms with van der Waals surface area (Å²) in [5.74, 6) is 0. The summed E-state index contributed by atoms with van der Waals surface area (Å²) in [5.41, 5.74) is 5.25. The number of nitrogens with two attached hydrogens (primary N) is 1. The van der Waals surface area contributed by atoms with E-state index in [4.69, 9.17) is 5.73 Å². The van der Waals surface area contributed by atoms with Crippen LogP contribution in [0.1, 0.15) is 0 Å². The van der Waals surface area contributed by atoms with E-state index < -0.39 is 20.6 Å². The SMILES string of the molecule is Cn1cc(NS(=O)(=O)c2cc([N+](=O)[O-])c(N)s2)cn1. The third kappa shape index (κ3) is 2.66. The number of thiophene rings is 1. The number of nitro groups is 1. The Morgan fingerprint density at radius 2 is 2.26 bits per heavy atom. The van der Waals surface area contributed by atoms with Crippen molar-refractivity contribution < 1.29 is 13.3 Å². The molecule has 11 heteroatoms. The van der Waals surface area contributed by atoms with Gasteiger partial charge in [0.1, 0.15) is 4.21 Å². The lowest BCUT2D eigenvalue weighted by Gasteiger charge is -2.01. The van der Waals surface area contributed by atoms with Gasteiger partial charge in [-0.05, 0) is 0 Å². The minimum Gasteiger partial charge on any atom is -0.385 e. The predicted molar refractivity (Wildman–Crippen MR) is 69.4 cm³/mol. The van der Waals surface area contributed by atoms with Gasteiger partial charge < -0.3 is 5.73 Å². The molecule has 0 atom stereocenters. The van der Waals surface area contributed by atoms with E-state index in [2.05, 4.69) is 9.82 Å². The zero-order valence-corrected chi connectivity index (χ0v) is 11.2. The zero-order valence-electron chi connectivity index (χ0n) is 9.60. The molecule has 0 spiro atoms. The molecule has 3 N–H and O–H groups in total. The van der Waals surface area contributed by atoms with E-state index in [9.17, 15) is 18.5 Å². The lowest BCUT2D eigenvalue weighted by Crippen LogP contribution is -2.10. The molecule has 102 valence electrons. The number of nitrogens with zero attached hydrogens (tertiary/aromatic N) is 3. The molecular weight excluding hydrogens is 294 g/mol. The Morgan fingerprint density at radius 3 is 2.74 bits per heavy atom. The number of nitrogens with one attached hydrogen (secondary N) is 1. The van der Waals surface area contributed by atoms with E-state index in [1.807, 2.05) is 0 Å². The fraction of sp³-hybridized carbons (Fsp3) is 0.125. The average Bonchev–Trinajstić information content (AvgIpc) is 2.84. The van der Waals surface area contributed by atoms with Crippen LogP contribution in [0.3, 0.4) is 0 Å². The molecule has 0 radical (unpaired) electrons. The molecule has 0 saturated carbocycles. The Bertz CT molecular complexity index is 732. The Balaban J connectivity index is 2.34. The van der Waals surface area contributed by atoms with Crippen LogP contribution < -0.4 is 10.5 Å². The molecule has 0 fully saturated rings. The number of aryl methyl sites for hydroxylation is 1. The van der Waals surface area contributed by atoms with E-state index in [0.29, 0.717) is 11.3 Å². The molecule has 0 aliphatic heterocycles. The van der Waals surface area contributed by atoms with Gasteiger partial charge >= 0.3 is 5.69 Å². The van der Waals surface area contributed by atoms with E-state index in [-0.39, 0.29) is 14.9 Å². The summed E-state index contributed by atoms with van der Waals surface area (Å²) < 4.78 is 27.4. The van der Waals surface area contributed by atoms with Gasteiger partial charge in [-0.3, -0.25) is 19.5 Å². The van der Waals surface area contributed by atoms with Crippen molar-refractivity contribution in [2.45, 2.75) is 4.21 Å². The maximum absolute atomic E-state index is 12.0. The molecule has 2 heterocycles. The van der Waals surface area contributed by atoms with Gasteiger partial charge in [0, 0.05) is 19.3 Å². The van der Waals surface area contributed by atoms with Crippen molar-refractivity contribution in [2.75, 3.05) is 10.5 Å². The Labute approximate surface area is 111 Å². The zero-order chi connectivity index (χ0) is 14.2. The molecule has 2 rings (SSSR count). The van der Waals surface area contributed by atoms with Crippen molar-refractivity contribution in [2.24, 2.45) is 7.05 Å². The summed E-state index contributed by atoms with van der Waals surface area (Å²) >= 11 is 0.634. The maximum Gasteiger partial charge on any atom is 0.304 e. The summed E-state index contributed by atoms with van der Waals surface area (Å²) in [5, 5.41) is 14.3. The molecule has 0 aromatic carbocycles. The second kappa shape index (κ2) is 4.51. The summed E-state index contributed by atoms with van der Waals surface area (Å²) in [7, 11) is -2.27. The average molecular weight is 303 g/mol. The lowest BCUT2D eigenvalue weighted by atomic mass is 10.5. The largest absolute Gasteiger partial charge is 0.385 e. The van der Waals surface area contributed by atoms with Crippen LogP contribution in [0.5, 0.6) is 0 Å². The first-order valence-electron chi connectivity index (χ1n) is 4.85. The molecule has 0 aliphatic rings. The molecule has 0 aliphatic carbocycles. The van der Waals surface area contributed by atoms with Crippen LogP contribution in [0.15, 0.2) is 22.7 Å². The van der Waals surface area contributed by atoms with Crippen LogP contribution in [0.4, 0.5) is 16.4 Å². The first-order chi connectivity index (χ1) is 8.79. The fourth-order valence-corrected chi connectivity index (χ4v) is 3.57. The summed E-state index contributed by atoms with van der Waals surface area (Å²) in [6.07, 6.45) is 2.78. The van der Waals surface area contributed by atoms with Crippen LogP contribution >= 0.6 is 11.3 Å². The number of anilines is 2. The highest BCUT2D eigenvalue weighted by Crippen LogP contribution is 2.35. The first kappa shape index (κ1) is 13.3. The number of nitrogen functional groups attached to an aromatic ring is 1. The number of sulfonamides is 1. The van der Waals surface area contributed by atoms with Crippen molar-refractivity contribution in [3.05, 3.63) is 28.6 Å². The van der Waals surface area contributed by atoms with E-state index in [1.165, 1.54) is 17.1 Å². The highest BCUT2D eigenvalue weighted by Gasteiger charge is 2.25. The Hall–Kier alpha value is -2.14. The normalized spacial score (nSPS) is 11.4. The Kier molecular flexibility index (Phi) is 3.16. The number of hydrogen-bond donors (Lipinski definition) is 2. The maximum atomic E-state index is 12.0. The molecule has 9 nitrogen and oxygen atoms in total. The third-order valence-corrected chi connectivity index (χ3v) is 4.94. The molecule has 0 bridgehead atoms. The Morgan fingerprint density at radius 1 is 1.58 bits per heavy atom. The molecule has 0 saturated heterocycles. The second-order valence-corrected chi connectivity index (χ2v) is 6.57. The van der Waals surface area contributed by atoms with Crippen LogP contribution in [0.25, 0.3) is 0 Å². The van der Waals surface area contributed by atoms with Gasteiger partial charge in [-0.15, -0.1) is 0 Å². The highest BCUT2D eigenvalue weighted by molar-refractivity contribution is 7.94. The molecular formula is C8H9N5O4S2. The van der Waals surface area contributed by atoms with Gasteiger partial charge in [-0.1, -0.05) is 11.3 Å². The van der Waals surface area contributed by atoms with E-state index >= 15 is 0 Å². The highest BCUT2D eigenvalue weighted by atomic mass is 32.2. The van der Waals surface area contributed by atoms with Gasteiger partial charge in [-0.2, -0.15) is 5.10 Å². The van der Waals surface area contributed by atoms with Gasteiger partial charge in [0.2, 0.25) is 0 Å². The number of hydrogen-bond acceptors (Lipinski definition) is 7. The van der Waals surface area contributed by atoms with Gasteiger partial charge in [-0.25, -0.2) is 8.42 Å². The van der Waals surface area contributed by atoms with Crippen LogP contribution in [0, 0.1) is 10.1 Å². The fourth-order valence-electron chi connectivity index (χ4n) is 1.33. The third-order valence-electron chi connectivity index (χ3n) is 2.14. The van der Waals surface area contributed by atoms with Gasteiger partial charge in [0.05, 0.1) is 16.8 Å². The topological polar surface area (TPSA) is 133 Å². The monoisotopic (exact) mass is 303 g/mol. The standard InChI is InChI=1S/C8H9N5O4S2/c1-12-4-5(3-10-12)11-19(16,17)7-2-6(13(14)15)8(9)18-7/h2-4,11H,9H2,1H3. The van der Waals surface area contributed by atoms with Gasteiger partial charge in [0.15, 0.2) is 5.00 Å². The van der Waals surface area contributed by atoms with Crippen molar-refractivity contribution in [3.8, 4) is 0 Å². The molecule has 2 aromatic rings. The number of aromatic nitrogens is 2. The van der Waals surface area contributed by atoms with Crippen molar-refractivity contribution in [3.63, 3.8) is 0 Å². The molecule has 2 aromatic heterocycles. The molecule has 19 heavy (non-hydrogen) atoms. The summed E-state index contributed by atoms with van der Waals surface area (Å²) in [6.45, 7) is 0. The van der Waals surface area contributed by atoms with Crippen molar-refractivity contribution in [1.29, 1.82) is 0 Å². The quantitative estimate of drug-likeness (QED) is 0.633. The minimum absolute atomic E-state index is 0.156. The predicted octanol–water partition coefficient (Wildman–Crippen LogP) is 0.773. The van der Waals surface area contributed by atoms with E-state index in [0.717, 1.165) is 6.07 Å².